The third-order valence-electron chi connectivity index (χ3n) is 3.88. The third-order valence-corrected chi connectivity index (χ3v) is 4.68. The first-order chi connectivity index (χ1) is 12.5. The van der Waals surface area contributed by atoms with Gasteiger partial charge in [-0.05, 0) is 23.8 Å². The lowest BCUT2D eigenvalue weighted by Crippen LogP contribution is -2.48. The Kier molecular flexibility index (Phi) is 8.91. The number of benzene rings is 1. The van der Waals surface area contributed by atoms with Crippen LogP contribution in [-0.2, 0) is 14.9 Å². The highest BCUT2D eigenvalue weighted by Crippen LogP contribution is 2.12. The number of likely N-dealkylation sites (N-methyl/N-ethyl adjacent to an activating group) is 1. The van der Waals surface area contributed by atoms with E-state index in [-0.39, 0.29) is 12.5 Å². The molecule has 1 atom stereocenters. The smallest absolute Gasteiger partial charge is 0.244 e. The van der Waals surface area contributed by atoms with Crippen molar-refractivity contribution in [2.45, 2.75) is 12.5 Å². The van der Waals surface area contributed by atoms with Crippen molar-refractivity contribution >= 4 is 22.1 Å². The number of hydrogen-bond acceptors (Lipinski definition) is 6. The van der Waals surface area contributed by atoms with Crippen LogP contribution in [0.2, 0.25) is 0 Å². The fraction of sp³-hybridized carbons (Fsp3) is 0.500. The lowest BCUT2D eigenvalue weighted by molar-refractivity contribution is -0.893. The van der Waals surface area contributed by atoms with Crippen molar-refractivity contribution in [3.05, 3.63) is 35.9 Å². The molecule has 1 amide bonds. The van der Waals surface area contributed by atoms with Crippen LogP contribution in [0.5, 0.6) is 5.75 Å². The molecule has 8 nitrogen and oxygen atoms in total. The number of carbonyl (C=O) groups is 1. The molecule has 2 N–H and O–H groups in total. The van der Waals surface area contributed by atoms with Gasteiger partial charge >= 0.3 is 0 Å². The maximum atomic E-state index is 11.8. The van der Waals surface area contributed by atoms with Crippen LogP contribution in [0, 0.1) is 0 Å². The maximum absolute atomic E-state index is 11.8. The molecule has 0 spiro atoms. The summed E-state index contributed by atoms with van der Waals surface area (Å²) in [5.41, 5.74) is 0.881. The molecule has 0 aliphatic heterocycles. The summed E-state index contributed by atoms with van der Waals surface area (Å²) >= 11 is 0. The topological polar surface area (TPSA) is 116 Å². The highest BCUT2D eigenvalue weighted by atomic mass is 32.2. The lowest BCUT2D eigenvalue weighted by Gasteiger charge is -2.32. The predicted molar refractivity (Wildman–Crippen MR) is 102 cm³/mol. The van der Waals surface area contributed by atoms with Gasteiger partial charge in [-0.15, -0.1) is 0 Å². The minimum atomic E-state index is -4.45. The summed E-state index contributed by atoms with van der Waals surface area (Å²) < 4.78 is 37.4. The zero-order valence-electron chi connectivity index (χ0n) is 15.9. The van der Waals surface area contributed by atoms with Crippen molar-refractivity contribution in [3.8, 4) is 5.75 Å². The lowest BCUT2D eigenvalue weighted by atomic mass is 10.2. The summed E-state index contributed by atoms with van der Waals surface area (Å²) in [6, 6.07) is 7.31. The van der Waals surface area contributed by atoms with Gasteiger partial charge in [-0.3, -0.25) is 4.79 Å². The van der Waals surface area contributed by atoms with E-state index in [1.54, 1.807) is 13.2 Å². The molecule has 1 aromatic rings. The van der Waals surface area contributed by atoms with Gasteiger partial charge in [0, 0.05) is 19.0 Å². The van der Waals surface area contributed by atoms with Gasteiger partial charge in [0.05, 0.1) is 43.6 Å². The van der Waals surface area contributed by atoms with Gasteiger partial charge in [-0.1, -0.05) is 12.1 Å². The molecular formula is C18H28N2O6S. The first-order valence-electron chi connectivity index (χ1n) is 8.54. The average molecular weight is 400 g/mol. The minimum absolute atomic E-state index is 0.146. The highest BCUT2D eigenvalue weighted by Gasteiger charge is 2.21. The van der Waals surface area contributed by atoms with Gasteiger partial charge in [-0.2, -0.15) is 0 Å². The number of aliphatic hydroxyl groups excluding tert-OH is 1. The molecule has 0 fully saturated rings. The Morgan fingerprint density at radius 1 is 1.33 bits per heavy atom. The molecule has 1 unspecified atom stereocenters. The Labute approximate surface area is 160 Å². The van der Waals surface area contributed by atoms with Crippen LogP contribution in [0.1, 0.15) is 12.0 Å². The molecule has 0 aromatic heterocycles. The van der Waals surface area contributed by atoms with Crippen LogP contribution in [0.15, 0.2) is 30.3 Å². The van der Waals surface area contributed by atoms with E-state index in [9.17, 15) is 22.9 Å². The average Bonchev–Trinajstić information content (AvgIpc) is 2.55. The van der Waals surface area contributed by atoms with Gasteiger partial charge in [0.25, 0.3) is 0 Å². The van der Waals surface area contributed by atoms with E-state index >= 15 is 0 Å². The Balaban J connectivity index is 2.32. The van der Waals surface area contributed by atoms with Gasteiger partial charge in [0.15, 0.2) is 0 Å². The number of carbonyl (C=O) groups excluding carboxylic acids is 1. The molecule has 0 aliphatic rings. The zero-order chi connectivity index (χ0) is 20.5. The van der Waals surface area contributed by atoms with Crippen molar-refractivity contribution < 1.29 is 32.1 Å². The number of nitrogens with zero attached hydrogens (tertiary/aromatic N) is 1. The summed E-state index contributed by atoms with van der Waals surface area (Å²) in [4.78, 5) is 11.8. The van der Waals surface area contributed by atoms with E-state index in [0.29, 0.717) is 24.0 Å². The van der Waals surface area contributed by atoms with E-state index in [2.05, 4.69) is 5.32 Å². The predicted octanol–water partition coefficient (Wildman–Crippen LogP) is 0.197. The van der Waals surface area contributed by atoms with Crippen molar-refractivity contribution in [3.63, 3.8) is 0 Å². The van der Waals surface area contributed by atoms with Crippen molar-refractivity contribution in [1.29, 1.82) is 0 Å². The van der Waals surface area contributed by atoms with Gasteiger partial charge in [0.1, 0.15) is 18.4 Å². The van der Waals surface area contributed by atoms with Crippen LogP contribution in [0.4, 0.5) is 0 Å². The van der Waals surface area contributed by atoms with E-state index < -0.39 is 22.0 Å². The highest BCUT2D eigenvalue weighted by molar-refractivity contribution is 7.85. The van der Waals surface area contributed by atoms with E-state index in [4.69, 9.17) is 4.74 Å². The van der Waals surface area contributed by atoms with Crippen LogP contribution < -0.4 is 10.1 Å². The van der Waals surface area contributed by atoms with E-state index in [1.807, 2.05) is 38.4 Å². The number of quaternary nitrogens is 1. The minimum Gasteiger partial charge on any atom is -0.748 e. The number of methoxy groups -OCH3 is 1. The molecule has 0 saturated carbocycles. The summed E-state index contributed by atoms with van der Waals surface area (Å²) in [7, 11) is 0.792. The summed E-state index contributed by atoms with van der Waals surface area (Å²) in [5.74, 6) is -0.259. The number of hydrogen-bond donors (Lipinski definition) is 2. The van der Waals surface area contributed by atoms with Gasteiger partial charge < -0.3 is 24.2 Å². The van der Waals surface area contributed by atoms with Crippen LogP contribution in [-0.4, -0.2) is 81.2 Å². The van der Waals surface area contributed by atoms with Crippen LogP contribution in [0.3, 0.4) is 0 Å². The largest absolute Gasteiger partial charge is 0.748 e. The Bertz CT molecular complexity index is 729. The number of amides is 1. The molecular weight excluding hydrogens is 372 g/mol. The Hall–Kier alpha value is -1.94. The Morgan fingerprint density at radius 3 is 2.52 bits per heavy atom. The van der Waals surface area contributed by atoms with Crippen molar-refractivity contribution in [2.24, 2.45) is 0 Å². The second kappa shape index (κ2) is 10.4. The number of rotatable bonds is 11. The zero-order valence-corrected chi connectivity index (χ0v) is 16.7. The normalized spacial score (nSPS) is 13.5. The second-order valence-corrected chi connectivity index (χ2v) is 8.42. The molecule has 0 aliphatic carbocycles. The number of nitrogens with one attached hydrogen (secondary N) is 1. The molecule has 1 rings (SSSR count). The second-order valence-electron chi connectivity index (χ2n) is 6.97. The van der Waals surface area contributed by atoms with Crippen LogP contribution >= 0.6 is 0 Å². The summed E-state index contributed by atoms with van der Waals surface area (Å²) in [6.45, 7) is 1.20. The fourth-order valence-corrected chi connectivity index (χ4v) is 3.19. The number of aliphatic hydroxyl groups is 1. The van der Waals surface area contributed by atoms with Crippen molar-refractivity contribution in [1.82, 2.24) is 5.32 Å². The van der Waals surface area contributed by atoms with E-state index in [1.165, 1.54) is 6.08 Å². The fourth-order valence-electron chi connectivity index (χ4n) is 2.61. The van der Waals surface area contributed by atoms with Gasteiger partial charge in [-0.25, -0.2) is 8.42 Å². The Morgan fingerprint density at radius 2 is 1.96 bits per heavy atom. The first kappa shape index (κ1) is 23.1. The molecule has 0 heterocycles. The monoisotopic (exact) mass is 400 g/mol. The maximum Gasteiger partial charge on any atom is 0.244 e. The standard InChI is InChI=1S/C18H28N2O6S/c1-20(2,13-16(21)14-27(23,24)25)12-4-11-19-18(22)10-7-15-5-8-17(26-3)9-6-15/h5-10,16,21H,4,11-14H2,1-3H3,(H-,19,22,23,24,25)/b10-7+. The SMILES string of the molecule is COc1ccc(/C=C/C(=O)NCCC[N+](C)(C)CC(O)CS(=O)(=O)[O-])cc1. The quantitative estimate of drug-likeness (QED) is 0.237. The molecule has 0 radical (unpaired) electrons. The molecule has 9 heteroatoms. The molecule has 27 heavy (non-hydrogen) atoms. The molecule has 1 aromatic carbocycles. The summed E-state index contributed by atoms with van der Waals surface area (Å²) in [5, 5.41) is 12.5. The van der Waals surface area contributed by atoms with Crippen LogP contribution in [0.25, 0.3) is 6.08 Å². The molecule has 152 valence electrons. The van der Waals surface area contributed by atoms with Crippen molar-refractivity contribution in [2.75, 3.05) is 46.6 Å². The first-order valence-corrected chi connectivity index (χ1v) is 10.1. The third kappa shape index (κ3) is 10.7. The summed E-state index contributed by atoms with van der Waals surface area (Å²) in [6.07, 6.45) is 2.59. The molecule has 0 saturated heterocycles. The molecule has 0 bridgehead atoms. The number of ether oxygens (including phenoxy) is 1. The van der Waals surface area contributed by atoms with Gasteiger partial charge in [0.2, 0.25) is 5.91 Å². The van der Waals surface area contributed by atoms with E-state index in [0.717, 1.165) is 11.3 Å².